The summed E-state index contributed by atoms with van der Waals surface area (Å²) >= 11 is 0. The average molecular weight is 569 g/mol. The number of halogens is 3. The van der Waals surface area contributed by atoms with Crippen molar-refractivity contribution in [1.82, 2.24) is 10.2 Å². The van der Waals surface area contributed by atoms with Gasteiger partial charge in [0.25, 0.3) is 5.91 Å². The number of amides is 3. The van der Waals surface area contributed by atoms with Crippen LogP contribution in [0, 0.1) is 34.5 Å². The number of nitrogens with zero attached hydrogens (tertiary/aromatic N) is 1. The van der Waals surface area contributed by atoms with Crippen molar-refractivity contribution >= 4 is 11.9 Å². The van der Waals surface area contributed by atoms with Gasteiger partial charge in [-0.3, -0.25) is 9.69 Å². The van der Waals surface area contributed by atoms with Crippen molar-refractivity contribution in [2.45, 2.75) is 115 Å². The Labute approximate surface area is 241 Å². The van der Waals surface area contributed by atoms with E-state index >= 15 is 0 Å². The fraction of sp³-hybridized carbons (Fsp3) is 0.706. The molecule has 0 saturated heterocycles. The van der Waals surface area contributed by atoms with Gasteiger partial charge in [-0.2, -0.15) is 13.2 Å². The third kappa shape index (κ3) is 4.22. The highest BCUT2D eigenvalue weighted by Crippen LogP contribution is 2.64. The summed E-state index contributed by atoms with van der Waals surface area (Å²) in [6.45, 7) is 4.77. The van der Waals surface area contributed by atoms with Crippen LogP contribution in [0.1, 0.15) is 108 Å². The van der Waals surface area contributed by atoms with Crippen molar-refractivity contribution in [3.8, 4) is 0 Å². The first kappa shape index (κ1) is 27.5. The first-order valence-corrected chi connectivity index (χ1v) is 16.0. The lowest BCUT2D eigenvalue weighted by atomic mass is 9.48. The quantitative estimate of drug-likeness (QED) is 0.391. The van der Waals surface area contributed by atoms with Gasteiger partial charge >= 0.3 is 12.2 Å². The molecular weight excluding hydrogens is 525 g/mol. The molecule has 1 aliphatic heterocycles. The predicted octanol–water partition coefficient (Wildman–Crippen LogP) is 8.23. The molecule has 1 heterocycles. The van der Waals surface area contributed by atoms with E-state index < -0.39 is 17.3 Å². The molecule has 0 radical (unpaired) electrons. The topological polar surface area (TPSA) is 49.4 Å². The van der Waals surface area contributed by atoms with Gasteiger partial charge in [-0.25, -0.2) is 4.79 Å². The molecule has 7 heteroatoms. The van der Waals surface area contributed by atoms with Crippen molar-refractivity contribution in [3.63, 3.8) is 0 Å². The second-order valence-corrected chi connectivity index (χ2v) is 14.9. The molecule has 1 N–H and O–H groups in total. The summed E-state index contributed by atoms with van der Waals surface area (Å²) in [4.78, 5) is 29.2. The van der Waals surface area contributed by atoms with Gasteiger partial charge in [0.05, 0.1) is 11.6 Å². The average Bonchev–Trinajstić information content (AvgIpc) is 3.48. The summed E-state index contributed by atoms with van der Waals surface area (Å²) in [5, 5.41) is 3.39. The van der Waals surface area contributed by atoms with Crippen LogP contribution in [0.4, 0.5) is 18.0 Å². The molecule has 7 rings (SSSR count). The standard InChI is InChI=1S/C34H43F3N2O2/c1-31-16-3-4-26(31)24-10-12-28-32(2,27(24)14-17-31)18-15-29(40)39(28)30(41)38-33-19-13-21(20-33)5-11-25(33)22-6-8-23(9-7-22)34(35,36)37/h6-9,15,18,21,24-28H,3-5,10-14,16-17,19-20H2,1-2H3,(H,38,41)/t21?,24-,25?,26-,27-,28+,31-,32+,33?/m0/s1. The van der Waals surface area contributed by atoms with Gasteiger partial charge < -0.3 is 5.32 Å². The third-order valence-corrected chi connectivity index (χ3v) is 13.0. The first-order valence-electron chi connectivity index (χ1n) is 16.0. The van der Waals surface area contributed by atoms with Gasteiger partial charge in [-0.15, -0.1) is 0 Å². The normalized spacial score (nSPS) is 43.3. The summed E-state index contributed by atoms with van der Waals surface area (Å²) in [6.07, 6.45) is 12.1. The van der Waals surface area contributed by atoms with Crippen molar-refractivity contribution in [2.75, 3.05) is 0 Å². The summed E-state index contributed by atoms with van der Waals surface area (Å²) in [7, 11) is 0. The lowest BCUT2D eigenvalue weighted by molar-refractivity contribution is -0.137. The number of hydrogen-bond donors (Lipinski definition) is 1. The minimum absolute atomic E-state index is 0.0663. The predicted molar refractivity (Wildman–Crippen MR) is 151 cm³/mol. The molecular formula is C34H43F3N2O2. The van der Waals surface area contributed by atoms with Crippen LogP contribution in [0.5, 0.6) is 0 Å². The minimum Gasteiger partial charge on any atom is -0.332 e. The molecule has 0 aromatic heterocycles. The van der Waals surface area contributed by atoms with Gasteiger partial charge in [0.2, 0.25) is 0 Å². The molecule has 3 amide bonds. The van der Waals surface area contributed by atoms with E-state index in [1.807, 2.05) is 0 Å². The second kappa shape index (κ2) is 9.34. The maximum atomic E-state index is 14.2. The molecule has 41 heavy (non-hydrogen) atoms. The molecule has 5 fully saturated rings. The Morgan fingerprint density at radius 2 is 1.71 bits per heavy atom. The Bertz CT molecular complexity index is 1260. The third-order valence-electron chi connectivity index (χ3n) is 13.0. The van der Waals surface area contributed by atoms with E-state index in [0.717, 1.165) is 75.0 Å². The van der Waals surface area contributed by atoms with Crippen LogP contribution in [0.25, 0.3) is 0 Å². The fourth-order valence-corrected chi connectivity index (χ4v) is 11.0. The number of urea groups is 1. The van der Waals surface area contributed by atoms with E-state index in [2.05, 4.69) is 25.2 Å². The number of nitrogens with one attached hydrogen (secondary N) is 1. The lowest BCUT2D eigenvalue weighted by Gasteiger charge is -2.59. The Hall–Kier alpha value is -2.31. The number of imide groups is 1. The lowest BCUT2D eigenvalue weighted by Crippen LogP contribution is -2.65. The zero-order valence-electron chi connectivity index (χ0n) is 24.3. The highest BCUT2D eigenvalue weighted by Gasteiger charge is 2.60. The number of alkyl halides is 3. The maximum absolute atomic E-state index is 14.2. The second-order valence-electron chi connectivity index (χ2n) is 14.9. The van der Waals surface area contributed by atoms with Crippen molar-refractivity contribution in [2.24, 2.45) is 34.5 Å². The van der Waals surface area contributed by atoms with Crippen LogP contribution in [0.2, 0.25) is 0 Å². The molecule has 0 spiro atoms. The number of hydrogen-bond acceptors (Lipinski definition) is 2. The number of rotatable bonds is 2. The highest BCUT2D eigenvalue weighted by atomic mass is 19.4. The Kier molecular flexibility index (Phi) is 6.27. The molecule has 2 bridgehead atoms. The molecule has 9 atom stereocenters. The van der Waals surface area contributed by atoms with E-state index in [1.54, 1.807) is 23.1 Å². The summed E-state index contributed by atoms with van der Waals surface area (Å²) in [5.41, 5.74) is -0.128. The Morgan fingerprint density at radius 1 is 0.927 bits per heavy atom. The zero-order valence-corrected chi connectivity index (χ0v) is 24.3. The van der Waals surface area contributed by atoms with Crippen molar-refractivity contribution in [1.29, 1.82) is 0 Å². The maximum Gasteiger partial charge on any atom is 0.416 e. The van der Waals surface area contributed by atoms with Crippen LogP contribution >= 0.6 is 0 Å². The van der Waals surface area contributed by atoms with Crippen molar-refractivity contribution in [3.05, 3.63) is 47.5 Å². The van der Waals surface area contributed by atoms with Crippen LogP contribution < -0.4 is 5.32 Å². The van der Waals surface area contributed by atoms with Gasteiger partial charge in [-0.05, 0) is 117 Å². The van der Waals surface area contributed by atoms with Crippen LogP contribution in [-0.2, 0) is 11.0 Å². The number of carbonyl (C=O) groups excluding carboxylic acids is 2. The largest absolute Gasteiger partial charge is 0.416 e. The van der Waals surface area contributed by atoms with Crippen LogP contribution in [0.3, 0.4) is 0 Å². The van der Waals surface area contributed by atoms with Gasteiger partial charge in [-0.1, -0.05) is 38.5 Å². The van der Waals surface area contributed by atoms with Gasteiger partial charge in [0.1, 0.15) is 0 Å². The Balaban J connectivity index is 1.15. The monoisotopic (exact) mass is 568 g/mol. The molecule has 1 aromatic rings. The van der Waals surface area contributed by atoms with Gasteiger partial charge in [0.15, 0.2) is 0 Å². The number of carbonyl (C=O) groups is 2. The van der Waals surface area contributed by atoms with E-state index in [4.69, 9.17) is 0 Å². The molecule has 222 valence electrons. The van der Waals surface area contributed by atoms with Crippen molar-refractivity contribution < 1.29 is 22.8 Å². The van der Waals surface area contributed by atoms with E-state index in [1.165, 1.54) is 25.7 Å². The highest BCUT2D eigenvalue weighted by molar-refractivity contribution is 6.02. The van der Waals surface area contributed by atoms with Crippen LogP contribution in [0.15, 0.2) is 36.4 Å². The first-order chi connectivity index (χ1) is 19.4. The zero-order chi connectivity index (χ0) is 28.8. The number of fused-ring (bicyclic) bond motifs is 7. The summed E-state index contributed by atoms with van der Waals surface area (Å²) < 4.78 is 39.8. The smallest absolute Gasteiger partial charge is 0.332 e. The van der Waals surface area contributed by atoms with Crippen LogP contribution in [-0.4, -0.2) is 28.4 Å². The van der Waals surface area contributed by atoms with E-state index in [9.17, 15) is 22.8 Å². The molecule has 5 aliphatic carbocycles. The molecule has 4 nitrogen and oxygen atoms in total. The van der Waals surface area contributed by atoms with Gasteiger partial charge in [0, 0.05) is 22.9 Å². The molecule has 6 aliphatic rings. The molecule has 5 saturated carbocycles. The Morgan fingerprint density at radius 3 is 2.46 bits per heavy atom. The van der Waals surface area contributed by atoms with E-state index in [0.29, 0.717) is 23.2 Å². The summed E-state index contributed by atoms with van der Waals surface area (Å²) in [5.74, 6) is 2.06. The SMILES string of the molecule is C[C@@]12CCC[C@H]1[C@@H]1CC[C@H]3N(C(=O)NC45CCC(CCC4c4ccc(C(F)(F)F)cc4)C5)C(=O)C=C[C@]3(C)[C@H]1CC2. The molecule has 1 aromatic carbocycles. The number of benzene rings is 1. The summed E-state index contributed by atoms with van der Waals surface area (Å²) in [6, 6.07) is 5.03. The van der Waals surface area contributed by atoms with E-state index in [-0.39, 0.29) is 29.3 Å². The molecule has 3 unspecified atom stereocenters. The fourth-order valence-electron chi connectivity index (χ4n) is 11.0. The minimum atomic E-state index is -4.38.